The Morgan fingerprint density at radius 3 is 2.66 bits per heavy atom. The van der Waals surface area contributed by atoms with Gasteiger partial charge in [-0.05, 0) is 37.7 Å². The van der Waals surface area contributed by atoms with E-state index < -0.39 is 0 Å². The summed E-state index contributed by atoms with van der Waals surface area (Å²) >= 11 is 0. The van der Waals surface area contributed by atoms with Crippen molar-refractivity contribution in [1.29, 1.82) is 0 Å². The van der Waals surface area contributed by atoms with Gasteiger partial charge in [0, 0.05) is 26.2 Å². The molecule has 2 aliphatic rings. The number of benzene rings is 1. The fourth-order valence-corrected chi connectivity index (χ4v) is 4.02. The molecular formula is C22H28N4O3. The molecule has 0 spiro atoms. The summed E-state index contributed by atoms with van der Waals surface area (Å²) in [7, 11) is 0. The van der Waals surface area contributed by atoms with Crippen molar-refractivity contribution < 1.29 is 14.3 Å². The van der Waals surface area contributed by atoms with Crippen LogP contribution in [0.4, 0.5) is 0 Å². The molecular weight excluding hydrogens is 368 g/mol. The van der Waals surface area contributed by atoms with Gasteiger partial charge >= 0.3 is 0 Å². The van der Waals surface area contributed by atoms with Gasteiger partial charge in [-0.1, -0.05) is 30.3 Å². The molecule has 154 valence electrons. The number of carbonyl (C=O) groups is 2. The average molecular weight is 396 g/mol. The predicted octanol–water partition coefficient (Wildman–Crippen LogP) is 2.05. The lowest BCUT2D eigenvalue weighted by Crippen LogP contribution is -2.42. The van der Waals surface area contributed by atoms with Crippen molar-refractivity contribution in [1.82, 2.24) is 19.8 Å². The van der Waals surface area contributed by atoms with Crippen LogP contribution in [0.1, 0.15) is 51.6 Å². The van der Waals surface area contributed by atoms with Crippen LogP contribution < -0.4 is 5.32 Å². The monoisotopic (exact) mass is 396 g/mol. The van der Waals surface area contributed by atoms with Crippen molar-refractivity contribution in [3.8, 4) is 0 Å². The number of ether oxygens (including phenoxy) is 1. The molecule has 1 fully saturated rings. The lowest BCUT2D eigenvalue weighted by Gasteiger charge is -2.27. The standard InChI is InChI=1S/C22H28N4O3/c27-21(23-11-6-9-17-7-2-1-3-8-17)19-18-10-4-5-12-26(18)20(24-19)22(28)25-13-15-29-16-14-25/h1-3,7-8H,4-6,9-16H2,(H,23,27). The molecule has 1 saturated heterocycles. The third-order valence-electron chi connectivity index (χ3n) is 5.59. The van der Waals surface area contributed by atoms with E-state index in [0.717, 1.165) is 44.3 Å². The molecule has 29 heavy (non-hydrogen) atoms. The first-order valence-electron chi connectivity index (χ1n) is 10.5. The molecule has 7 nitrogen and oxygen atoms in total. The van der Waals surface area contributed by atoms with Gasteiger partial charge < -0.3 is 19.5 Å². The summed E-state index contributed by atoms with van der Waals surface area (Å²) in [6.07, 6.45) is 4.60. The molecule has 3 heterocycles. The largest absolute Gasteiger partial charge is 0.378 e. The molecule has 2 aromatic rings. The van der Waals surface area contributed by atoms with Crippen LogP contribution >= 0.6 is 0 Å². The van der Waals surface area contributed by atoms with E-state index >= 15 is 0 Å². The first-order valence-corrected chi connectivity index (χ1v) is 10.5. The van der Waals surface area contributed by atoms with Crippen LogP contribution in [0.5, 0.6) is 0 Å². The summed E-state index contributed by atoms with van der Waals surface area (Å²) in [5, 5.41) is 2.99. The zero-order chi connectivity index (χ0) is 20.1. The van der Waals surface area contributed by atoms with Crippen LogP contribution in [0.3, 0.4) is 0 Å². The van der Waals surface area contributed by atoms with Gasteiger partial charge in [0.2, 0.25) is 0 Å². The van der Waals surface area contributed by atoms with Gasteiger partial charge in [-0.2, -0.15) is 0 Å². The van der Waals surface area contributed by atoms with E-state index in [4.69, 9.17) is 4.74 Å². The molecule has 0 atom stereocenters. The lowest BCUT2D eigenvalue weighted by molar-refractivity contribution is 0.0291. The summed E-state index contributed by atoms with van der Waals surface area (Å²) in [5.41, 5.74) is 2.58. The molecule has 0 aliphatic carbocycles. The zero-order valence-electron chi connectivity index (χ0n) is 16.7. The number of amides is 2. The Hall–Kier alpha value is -2.67. The second kappa shape index (κ2) is 9.22. The Balaban J connectivity index is 1.43. The van der Waals surface area contributed by atoms with Crippen molar-refractivity contribution in [2.45, 2.75) is 38.6 Å². The van der Waals surface area contributed by atoms with Crippen LogP contribution in [-0.2, 0) is 24.1 Å². The van der Waals surface area contributed by atoms with Gasteiger partial charge in [0.25, 0.3) is 11.8 Å². The molecule has 0 radical (unpaired) electrons. The van der Waals surface area contributed by atoms with Crippen molar-refractivity contribution in [3.05, 3.63) is 53.1 Å². The molecule has 2 aliphatic heterocycles. The number of aryl methyl sites for hydroxylation is 1. The molecule has 1 N–H and O–H groups in total. The number of rotatable bonds is 6. The summed E-state index contributed by atoms with van der Waals surface area (Å²) < 4.78 is 7.30. The molecule has 0 saturated carbocycles. The van der Waals surface area contributed by atoms with Crippen LogP contribution in [-0.4, -0.2) is 59.1 Å². The quantitative estimate of drug-likeness (QED) is 0.759. The van der Waals surface area contributed by atoms with Gasteiger partial charge in [0.15, 0.2) is 5.82 Å². The van der Waals surface area contributed by atoms with Crippen LogP contribution in [0.25, 0.3) is 0 Å². The number of carbonyl (C=O) groups excluding carboxylic acids is 2. The Morgan fingerprint density at radius 2 is 1.86 bits per heavy atom. The highest BCUT2D eigenvalue weighted by Crippen LogP contribution is 2.22. The van der Waals surface area contributed by atoms with E-state index in [0.29, 0.717) is 44.4 Å². The number of imidazole rings is 1. The third kappa shape index (κ3) is 4.50. The molecule has 7 heteroatoms. The first kappa shape index (κ1) is 19.6. The van der Waals surface area contributed by atoms with E-state index in [9.17, 15) is 9.59 Å². The smallest absolute Gasteiger partial charge is 0.290 e. The minimum Gasteiger partial charge on any atom is -0.378 e. The summed E-state index contributed by atoms with van der Waals surface area (Å²) in [5.74, 6) is 0.125. The van der Waals surface area contributed by atoms with Gasteiger partial charge in [-0.3, -0.25) is 9.59 Å². The maximum atomic E-state index is 13.0. The summed E-state index contributed by atoms with van der Waals surface area (Å²) in [6.45, 7) is 3.58. The number of aromatic nitrogens is 2. The second-order valence-electron chi connectivity index (χ2n) is 7.59. The predicted molar refractivity (Wildman–Crippen MR) is 109 cm³/mol. The Kier molecular flexibility index (Phi) is 6.24. The Bertz CT molecular complexity index is 856. The fraction of sp³-hybridized carbons (Fsp3) is 0.500. The van der Waals surface area contributed by atoms with Crippen LogP contribution in [0.2, 0.25) is 0 Å². The maximum Gasteiger partial charge on any atom is 0.290 e. The van der Waals surface area contributed by atoms with E-state index in [-0.39, 0.29) is 11.8 Å². The molecule has 1 aromatic heterocycles. The molecule has 0 bridgehead atoms. The van der Waals surface area contributed by atoms with E-state index in [1.54, 1.807) is 4.90 Å². The number of nitrogens with zero attached hydrogens (tertiary/aromatic N) is 3. The van der Waals surface area contributed by atoms with Gasteiger partial charge in [-0.15, -0.1) is 0 Å². The normalized spacial score (nSPS) is 16.3. The highest BCUT2D eigenvalue weighted by molar-refractivity contribution is 5.97. The zero-order valence-corrected chi connectivity index (χ0v) is 16.7. The SMILES string of the molecule is O=C(NCCCc1ccccc1)c1nc(C(=O)N2CCOCC2)n2c1CCCC2. The molecule has 2 amide bonds. The van der Waals surface area contributed by atoms with Crippen molar-refractivity contribution in [3.63, 3.8) is 0 Å². The fourth-order valence-electron chi connectivity index (χ4n) is 4.02. The minimum absolute atomic E-state index is 0.0976. The summed E-state index contributed by atoms with van der Waals surface area (Å²) in [4.78, 5) is 32.1. The van der Waals surface area contributed by atoms with E-state index in [1.807, 2.05) is 22.8 Å². The Morgan fingerprint density at radius 1 is 1.07 bits per heavy atom. The van der Waals surface area contributed by atoms with Crippen molar-refractivity contribution in [2.24, 2.45) is 0 Å². The molecule has 1 aromatic carbocycles. The minimum atomic E-state index is -0.176. The summed E-state index contributed by atoms with van der Waals surface area (Å²) in [6, 6.07) is 10.2. The van der Waals surface area contributed by atoms with Gasteiger partial charge in [-0.25, -0.2) is 4.98 Å². The molecule has 4 rings (SSSR count). The van der Waals surface area contributed by atoms with E-state index in [2.05, 4.69) is 22.4 Å². The number of nitrogens with one attached hydrogen (secondary N) is 1. The Labute approximate surface area is 171 Å². The number of morpholine rings is 1. The second-order valence-corrected chi connectivity index (χ2v) is 7.59. The third-order valence-corrected chi connectivity index (χ3v) is 5.59. The topological polar surface area (TPSA) is 76.5 Å². The molecule has 0 unspecified atom stereocenters. The van der Waals surface area contributed by atoms with Gasteiger partial charge in [0.05, 0.1) is 18.9 Å². The first-order chi connectivity index (χ1) is 14.2. The van der Waals surface area contributed by atoms with Gasteiger partial charge in [0.1, 0.15) is 5.69 Å². The number of hydrogen-bond donors (Lipinski definition) is 1. The van der Waals surface area contributed by atoms with Crippen molar-refractivity contribution >= 4 is 11.8 Å². The number of fused-ring (bicyclic) bond motifs is 1. The highest BCUT2D eigenvalue weighted by Gasteiger charge is 2.30. The average Bonchev–Trinajstić information content (AvgIpc) is 3.17. The van der Waals surface area contributed by atoms with Crippen LogP contribution in [0, 0.1) is 0 Å². The lowest BCUT2D eigenvalue weighted by atomic mass is 10.1. The highest BCUT2D eigenvalue weighted by atomic mass is 16.5. The maximum absolute atomic E-state index is 13.0. The van der Waals surface area contributed by atoms with E-state index in [1.165, 1.54) is 5.56 Å². The van der Waals surface area contributed by atoms with Crippen LogP contribution in [0.15, 0.2) is 30.3 Å². The van der Waals surface area contributed by atoms with Crippen molar-refractivity contribution in [2.75, 3.05) is 32.8 Å². The number of hydrogen-bond acceptors (Lipinski definition) is 4.